The Morgan fingerprint density at radius 3 is 2.79 bits per heavy atom. The van der Waals surface area contributed by atoms with Crippen molar-refractivity contribution in [2.45, 2.75) is 50.5 Å². The molecule has 2 aromatic heterocycles. The molecule has 2 atom stereocenters. The second-order valence-corrected chi connectivity index (χ2v) is 9.92. The van der Waals surface area contributed by atoms with E-state index < -0.39 is 0 Å². The summed E-state index contributed by atoms with van der Waals surface area (Å²) in [6.45, 7) is 3.33. The number of aromatic amines is 1. The normalized spacial score (nSPS) is 18.3. The number of rotatable bonds is 9. The average molecular weight is 510 g/mol. The second-order valence-electron chi connectivity index (χ2n) is 9.92. The van der Waals surface area contributed by atoms with E-state index in [4.69, 9.17) is 5.26 Å². The van der Waals surface area contributed by atoms with Crippen LogP contribution in [-0.2, 0) is 9.59 Å². The van der Waals surface area contributed by atoms with Crippen molar-refractivity contribution in [2.24, 2.45) is 0 Å². The van der Waals surface area contributed by atoms with Gasteiger partial charge in [-0.25, -0.2) is 4.98 Å². The van der Waals surface area contributed by atoms with E-state index in [0.29, 0.717) is 24.1 Å². The fourth-order valence-electron chi connectivity index (χ4n) is 4.67. The van der Waals surface area contributed by atoms with Gasteiger partial charge < -0.3 is 10.6 Å². The van der Waals surface area contributed by atoms with Crippen molar-refractivity contribution >= 4 is 23.5 Å². The molecule has 3 aromatic rings. The molecule has 5 rings (SSSR count). The number of H-pyrrole nitrogens is 1. The third-order valence-corrected chi connectivity index (χ3v) is 7.12. The Hall–Kier alpha value is -4.29. The molecule has 38 heavy (non-hydrogen) atoms. The Bertz CT molecular complexity index is 1370. The molecule has 3 heterocycles. The van der Waals surface area contributed by atoms with E-state index >= 15 is 0 Å². The molecular weight excluding hydrogens is 478 g/mol. The molecule has 9 nitrogen and oxygen atoms in total. The number of nitriles is 1. The number of nitrogens with zero attached hydrogens (tertiary/aromatic N) is 4. The summed E-state index contributed by atoms with van der Waals surface area (Å²) in [5.74, 6) is 0.810. The van der Waals surface area contributed by atoms with Crippen LogP contribution in [0.2, 0.25) is 0 Å². The van der Waals surface area contributed by atoms with E-state index in [1.54, 1.807) is 18.3 Å². The van der Waals surface area contributed by atoms with Gasteiger partial charge in [0.1, 0.15) is 5.82 Å². The van der Waals surface area contributed by atoms with Crippen LogP contribution in [0.15, 0.2) is 60.8 Å². The number of aromatic nitrogens is 3. The zero-order valence-corrected chi connectivity index (χ0v) is 21.4. The monoisotopic (exact) mass is 509 g/mol. The molecule has 9 heteroatoms. The van der Waals surface area contributed by atoms with E-state index in [0.717, 1.165) is 41.8 Å². The molecule has 1 saturated heterocycles. The summed E-state index contributed by atoms with van der Waals surface area (Å²) < 4.78 is 0. The number of anilines is 2. The van der Waals surface area contributed by atoms with Gasteiger partial charge in [-0.1, -0.05) is 30.3 Å². The van der Waals surface area contributed by atoms with Gasteiger partial charge in [0, 0.05) is 42.1 Å². The summed E-state index contributed by atoms with van der Waals surface area (Å²) in [5, 5.41) is 22.1. The first-order chi connectivity index (χ1) is 18.5. The van der Waals surface area contributed by atoms with Gasteiger partial charge in [0.25, 0.3) is 0 Å². The molecule has 2 aliphatic rings. The minimum Gasteiger partial charge on any atom is -0.309 e. The predicted molar refractivity (Wildman–Crippen MR) is 145 cm³/mol. The van der Waals surface area contributed by atoms with Crippen LogP contribution in [0.4, 0.5) is 11.6 Å². The van der Waals surface area contributed by atoms with Gasteiger partial charge in [-0.2, -0.15) is 10.4 Å². The summed E-state index contributed by atoms with van der Waals surface area (Å²) in [6, 6.07) is 15.6. The molecule has 1 saturated carbocycles. The molecule has 3 N–H and O–H groups in total. The van der Waals surface area contributed by atoms with Gasteiger partial charge >= 0.3 is 0 Å². The Kier molecular flexibility index (Phi) is 7.61. The van der Waals surface area contributed by atoms with Crippen molar-refractivity contribution < 1.29 is 9.59 Å². The standard InChI is InChI=1S/C29H31N7O2/c1-19(29(38)33-27-16-25(34-35-27)20-9-10-20)21-5-2-6-22(15-21)23-11-12-26(31-18-23)32-28(37)8-4-14-36-13-3-7-24(36)17-30/h2,4-6,8,11-12,15-16,18-20,24H,3,7,9-10,13-14H2,1H3,(H,31,32,37)(H2,33,34,35,38)/b8-4+. The van der Waals surface area contributed by atoms with Gasteiger partial charge in [-0.15, -0.1) is 0 Å². The van der Waals surface area contributed by atoms with Crippen molar-refractivity contribution in [1.29, 1.82) is 5.26 Å². The zero-order valence-electron chi connectivity index (χ0n) is 21.4. The summed E-state index contributed by atoms with van der Waals surface area (Å²) in [6.07, 6.45) is 9.19. The van der Waals surface area contributed by atoms with E-state index in [-0.39, 0.29) is 23.8 Å². The Morgan fingerprint density at radius 2 is 2.03 bits per heavy atom. The first-order valence-corrected chi connectivity index (χ1v) is 13.0. The number of pyridine rings is 1. The highest BCUT2D eigenvalue weighted by molar-refractivity contribution is 5.98. The van der Waals surface area contributed by atoms with Gasteiger partial charge in [-0.05, 0) is 62.4 Å². The first kappa shape index (κ1) is 25.4. The average Bonchev–Trinajstić information content (AvgIpc) is 3.51. The van der Waals surface area contributed by atoms with Gasteiger partial charge in [-0.3, -0.25) is 19.6 Å². The Morgan fingerprint density at radius 1 is 1.16 bits per heavy atom. The van der Waals surface area contributed by atoms with Crippen LogP contribution in [0.5, 0.6) is 0 Å². The van der Waals surface area contributed by atoms with Gasteiger partial charge in [0.2, 0.25) is 11.8 Å². The molecule has 2 amide bonds. The third kappa shape index (κ3) is 6.15. The van der Waals surface area contributed by atoms with E-state index in [2.05, 4.69) is 36.8 Å². The maximum Gasteiger partial charge on any atom is 0.249 e. The van der Waals surface area contributed by atoms with Crippen molar-refractivity contribution in [2.75, 3.05) is 23.7 Å². The van der Waals surface area contributed by atoms with Crippen LogP contribution >= 0.6 is 0 Å². The fourth-order valence-corrected chi connectivity index (χ4v) is 4.67. The lowest BCUT2D eigenvalue weighted by atomic mass is 9.96. The number of hydrogen-bond donors (Lipinski definition) is 3. The molecule has 1 aromatic carbocycles. The van der Waals surface area contributed by atoms with E-state index in [1.165, 1.54) is 18.9 Å². The predicted octanol–water partition coefficient (Wildman–Crippen LogP) is 4.57. The minimum absolute atomic E-state index is 0.0656. The molecule has 1 aliphatic carbocycles. The molecule has 2 unspecified atom stereocenters. The van der Waals surface area contributed by atoms with Crippen molar-refractivity contribution in [3.63, 3.8) is 0 Å². The number of hydrogen-bond acceptors (Lipinski definition) is 6. The minimum atomic E-state index is -0.363. The largest absolute Gasteiger partial charge is 0.309 e. The van der Waals surface area contributed by atoms with E-state index in [1.807, 2.05) is 43.3 Å². The lowest BCUT2D eigenvalue weighted by Gasteiger charge is -2.15. The van der Waals surface area contributed by atoms with Crippen LogP contribution in [0.3, 0.4) is 0 Å². The molecule has 0 radical (unpaired) electrons. The Labute approximate surface area is 222 Å². The lowest BCUT2D eigenvalue weighted by molar-refractivity contribution is -0.117. The second kappa shape index (κ2) is 11.4. The number of benzene rings is 1. The topological polar surface area (TPSA) is 127 Å². The number of amides is 2. The molecule has 0 bridgehead atoms. The summed E-state index contributed by atoms with van der Waals surface area (Å²) >= 11 is 0. The third-order valence-electron chi connectivity index (χ3n) is 7.12. The molecule has 0 spiro atoms. The number of carbonyl (C=O) groups is 2. The van der Waals surface area contributed by atoms with Gasteiger partial charge in [0.05, 0.1) is 18.0 Å². The fraction of sp³-hybridized carbons (Fsp3) is 0.345. The highest BCUT2D eigenvalue weighted by atomic mass is 16.2. The van der Waals surface area contributed by atoms with Crippen molar-refractivity contribution in [3.05, 3.63) is 72.1 Å². The molecule has 194 valence electrons. The maximum atomic E-state index is 12.8. The summed E-state index contributed by atoms with van der Waals surface area (Å²) in [5.41, 5.74) is 3.78. The van der Waals surface area contributed by atoms with Crippen LogP contribution in [-0.4, -0.2) is 51.0 Å². The quantitative estimate of drug-likeness (QED) is 0.363. The summed E-state index contributed by atoms with van der Waals surface area (Å²) in [7, 11) is 0. The van der Waals surface area contributed by atoms with E-state index in [9.17, 15) is 9.59 Å². The number of likely N-dealkylation sites (tertiary alicyclic amines) is 1. The highest BCUT2D eigenvalue weighted by Gasteiger charge is 2.26. The van der Waals surface area contributed by atoms with Crippen molar-refractivity contribution in [3.8, 4) is 17.2 Å². The SMILES string of the molecule is CC(C(=O)Nc1cc(C2CC2)[nH]n1)c1cccc(-c2ccc(NC(=O)/C=C/CN3CCCC3C#N)nc2)c1. The van der Waals surface area contributed by atoms with Crippen LogP contribution < -0.4 is 10.6 Å². The highest BCUT2D eigenvalue weighted by Crippen LogP contribution is 2.39. The zero-order chi connectivity index (χ0) is 26.5. The summed E-state index contributed by atoms with van der Waals surface area (Å²) in [4.78, 5) is 31.6. The molecule has 1 aliphatic heterocycles. The van der Waals surface area contributed by atoms with Crippen LogP contribution in [0.1, 0.15) is 55.7 Å². The lowest BCUT2D eigenvalue weighted by Crippen LogP contribution is -2.28. The molecular formula is C29H31N7O2. The van der Waals surface area contributed by atoms with Gasteiger partial charge in [0.15, 0.2) is 5.82 Å². The number of nitrogens with one attached hydrogen (secondary N) is 3. The smallest absolute Gasteiger partial charge is 0.249 e. The molecule has 2 fully saturated rings. The van der Waals surface area contributed by atoms with Crippen LogP contribution in [0.25, 0.3) is 11.1 Å². The Balaban J connectivity index is 1.16. The van der Waals surface area contributed by atoms with Crippen molar-refractivity contribution in [1.82, 2.24) is 20.1 Å². The van der Waals surface area contributed by atoms with Crippen LogP contribution in [0, 0.1) is 11.3 Å². The first-order valence-electron chi connectivity index (χ1n) is 13.0. The maximum absolute atomic E-state index is 12.8. The number of carbonyl (C=O) groups excluding carboxylic acids is 2.